The molecule has 26 heavy (non-hydrogen) atoms. The van der Waals surface area contributed by atoms with Gasteiger partial charge in [0, 0.05) is 5.56 Å². The van der Waals surface area contributed by atoms with E-state index in [1.54, 1.807) is 45.0 Å². The van der Waals surface area contributed by atoms with Crippen molar-refractivity contribution in [2.75, 3.05) is 13.2 Å². The molecule has 1 aromatic rings. The molecule has 0 aliphatic heterocycles. The number of primary amides is 1. The third-order valence-corrected chi connectivity index (χ3v) is 5.50. The van der Waals surface area contributed by atoms with Crippen LogP contribution in [-0.4, -0.2) is 31.1 Å². The SMILES string of the molecule is C=C(C)C[C@H](NC(=O)c1ccc(CP(=O)(OCC)OCC)cc1)C(N)=O. The van der Waals surface area contributed by atoms with Crippen LogP contribution in [0.3, 0.4) is 0 Å². The summed E-state index contributed by atoms with van der Waals surface area (Å²) in [5.74, 6) is -1.04. The van der Waals surface area contributed by atoms with Crippen LogP contribution < -0.4 is 11.1 Å². The second-order valence-corrected chi connectivity index (χ2v) is 7.95. The van der Waals surface area contributed by atoms with Crippen molar-refractivity contribution < 1.29 is 23.2 Å². The summed E-state index contributed by atoms with van der Waals surface area (Å²) in [6.45, 7) is 9.55. The highest BCUT2D eigenvalue weighted by Crippen LogP contribution is 2.51. The molecule has 0 unspecified atom stereocenters. The number of rotatable bonds is 11. The fourth-order valence-corrected chi connectivity index (χ4v) is 4.02. The zero-order valence-corrected chi connectivity index (χ0v) is 16.4. The van der Waals surface area contributed by atoms with Crippen molar-refractivity contribution in [3.63, 3.8) is 0 Å². The van der Waals surface area contributed by atoms with Crippen molar-refractivity contribution in [2.24, 2.45) is 5.73 Å². The Bertz CT molecular complexity index is 677. The predicted molar refractivity (Wildman–Crippen MR) is 101 cm³/mol. The lowest BCUT2D eigenvalue weighted by Gasteiger charge is -2.17. The predicted octanol–water partition coefficient (Wildman–Crippen LogP) is 3.00. The molecule has 0 aromatic heterocycles. The zero-order valence-electron chi connectivity index (χ0n) is 15.5. The highest BCUT2D eigenvalue weighted by molar-refractivity contribution is 7.53. The van der Waals surface area contributed by atoms with Gasteiger partial charge in [-0.15, -0.1) is 6.58 Å². The lowest BCUT2D eigenvalue weighted by molar-refractivity contribution is -0.119. The molecular formula is C18H27N2O5P. The number of carbonyl (C=O) groups excluding carboxylic acids is 2. The van der Waals surface area contributed by atoms with Crippen LogP contribution in [0.2, 0.25) is 0 Å². The molecule has 0 spiro atoms. The highest BCUT2D eigenvalue weighted by Gasteiger charge is 2.24. The Hall–Kier alpha value is -1.95. The van der Waals surface area contributed by atoms with E-state index in [0.29, 0.717) is 5.56 Å². The van der Waals surface area contributed by atoms with E-state index in [4.69, 9.17) is 14.8 Å². The molecule has 144 valence electrons. The van der Waals surface area contributed by atoms with Crippen molar-refractivity contribution in [3.8, 4) is 0 Å². The van der Waals surface area contributed by atoms with Gasteiger partial charge in [0.2, 0.25) is 5.91 Å². The number of hydrogen-bond acceptors (Lipinski definition) is 5. The summed E-state index contributed by atoms with van der Waals surface area (Å²) in [4.78, 5) is 23.7. The van der Waals surface area contributed by atoms with Crippen LogP contribution in [-0.2, 0) is 24.6 Å². The second kappa shape index (κ2) is 10.3. The molecule has 3 N–H and O–H groups in total. The fourth-order valence-electron chi connectivity index (χ4n) is 2.32. The average molecular weight is 382 g/mol. The van der Waals surface area contributed by atoms with Gasteiger partial charge in [-0.3, -0.25) is 14.2 Å². The number of nitrogens with one attached hydrogen (secondary N) is 1. The Balaban J connectivity index is 2.82. The summed E-state index contributed by atoms with van der Waals surface area (Å²) < 4.78 is 23.1. The molecule has 1 aromatic carbocycles. The lowest BCUT2D eigenvalue weighted by atomic mass is 10.1. The van der Waals surface area contributed by atoms with Crippen molar-refractivity contribution in [1.82, 2.24) is 5.32 Å². The number of carbonyl (C=O) groups is 2. The second-order valence-electron chi connectivity index (χ2n) is 5.89. The summed E-state index contributed by atoms with van der Waals surface area (Å²) in [6, 6.07) is 5.72. The van der Waals surface area contributed by atoms with Crippen molar-refractivity contribution in [1.29, 1.82) is 0 Å². The van der Waals surface area contributed by atoms with E-state index < -0.39 is 25.5 Å². The smallest absolute Gasteiger partial charge is 0.335 e. The monoisotopic (exact) mass is 382 g/mol. The molecule has 7 nitrogen and oxygen atoms in total. The van der Waals surface area contributed by atoms with E-state index in [1.807, 2.05) is 0 Å². The van der Waals surface area contributed by atoms with Crippen LogP contribution in [0.25, 0.3) is 0 Å². The first-order valence-electron chi connectivity index (χ1n) is 8.42. The standard InChI is InChI=1S/C18H27N2O5P/c1-5-24-26(23,25-6-2)12-14-7-9-15(10-8-14)18(22)20-16(17(19)21)11-13(3)4/h7-10,16H,3,5-6,11-12H2,1-2,4H3,(H2,19,21)(H,20,22)/t16-/m0/s1. The molecule has 1 rings (SSSR count). The maximum absolute atomic E-state index is 12.5. The molecule has 0 aliphatic rings. The Labute approximate surface area is 154 Å². The highest BCUT2D eigenvalue weighted by atomic mass is 31.2. The van der Waals surface area contributed by atoms with E-state index in [2.05, 4.69) is 11.9 Å². The van der Waals surface area contributed by atoms with E-state index in [0.717, 1.165) is 11.1 Å². The number of nitrogens with two attached hydrogens (primary N) is 1. The molecule has 1 atom stereocenters. The van der Waals surface area contributed by atoms with Crippen molar-refractivity contribution in [3.05, 3.63) is 47.5 Å². The number of amides is 2. The van der Waals surface area contributed by atoms with E-state index in [9.17, 15) is 14.2 Å². The molecule has 0 radical (unpaired) electrons. The fraction of sp³-hybridized carbons (Fsp3) is 0.444. The van der Waals surface area contributed by atoms with Gasteiger partial charge >= 0.3 is 7.60 Å². The maximum Gasteiger partial charge on any atom is 0.335 e. The normalized spacial score (nSPS) is 12.4. The molecule has 0 aliphatic carbocycles. The Morgan fingerprint density at radius 1 is 1.19 bits per heavy atom. The van der Waals surface area contributed by atoms with Gasteiger partial charge in [-0.25, -0.2) is 0 Å². The first-order valence-corrected chi connectivity index (χ1v) is 10.1. The summed E-state index contributed by atoms with van der Waals surface area (Å²) in [5, 5.41) is 2.59. The Morgan fingerprint density at radius 2 is 1.73 bits per heavy atom. The molecule has 2 amide bonds. The van der Waals surface area contributed by atoms with Crippen LogP contribution in [0.4, 0.5) is 0 Å². The molecule has 0 bridgehead atoms. The van der Waals surface area contributed by atoms with Crippen LogP contribution in [0.1, 0.15) is 43.1 Å². The minimum atomic E-state index is -3.20. The quantitative estimate of drug-likeness (QED) is 0.452. The van der Waals surface area contributed by atoms with Gasteiger partial charge in [-0.05, 0) is 44.9 Å². The summed E-state index contributed by atoms with van der Waals surface area (Å²) in [6.07, 6.45) is 0.404. The third kappa shape index (κ3) is 7.12. The van der Waals surface area contributed by atoms with Crippen molar-refractivity contribution in [2.45, 2.75) is 39.4 Å². The minimum Gasteiger partial charge on any atom is -0.368 e. The van der Waals surface area contributed by atoms with E-state index >= 15 is 0 Å². The molecule has 8 heteroatoms. The minimum absolute atomic E-state index is 0.121. The average Bonchev–Trinajstić information content (AvgIpc) is 2.54. The number of hydrogen-bond donors (Lipinski definition) is 2. The maximum atomic E-state index is 12.5. The topological polar surface area (TPSA) is 108 Å². The zero-order chi connectivity index (χ0) is 19.7. The number of benzene rings is 1. The Kier molecular flexibility index (Phi) is 8.72. The van der Waals surface area contributed by atoms with Gasteiger partial charge in [0.15, 0.2) is 0 Å². The Morgan fingerprint density at radius 3 is 2.15 bits per heavy atom. The summed E-state index contributed by atoms with van der Waals surface area (Å²) in [7, 11) is -3.20. The molecule has 0 saturated heterocycles. The lowest BCUT2D eigenvalue weighted by Crippen LogP contribution is -2.44. The van der Waals surface area contributed by atoms with E-state index in [1.165, 1.54) is 0 Å². The van der Waals surface area contributed by atoms with Crippen LogP contribution in [0.5, 0.6) is 0 Å². The third-order valence-electron chi connectivity index (χ3n) is 3.45. The summed E-state index contributed by atoms with van der Waals surface area (Å²) in [5.41, 5.74) is 7.14. The largest absolute Gasteiger partial charge is 0.368 e. The first kappa shape index (κ1) is 22.1. The van der Waals surface area contributed by atoms with Gasteiger partial charge in [0.05, 0.1) is 19.4 Å². The van der Waals surface area contributed by atoms with E-state index in [-0.39, 0.29) is 25.8 Å². The summed E-state index contributed by atoms with van der Waals surface area (Å²) >= 11 is 0. The van der Waals surface area contributed by atoms with Gasteiger partial charge in [0.1, 0.15) is 6.04 Å². The van der Waals surface area contributed by atoms with Crippen LogP contribution in [0.15, 0.2) is 36.4 Å². The van der Waals surface area contributed by atoms with Crippen LogP contribution >= 0.6 is 7.60 Å². The molecule has 0 saturated carbocycles. The van der Waals surface area contributed by atoms with Gasteiger partial charge in [-0.1, -0.05) is 17.7 Å². The van der Waals surface area contributed by atoms with Gasteiger partial charge < -0.3 is 20.1 Å². The first-order chi connectivity index (χ1) is 12.2. The van der Waals surface area contributed by atoms with Crippen molar-refractivity contribution >= 4 is 19.4 Å². The van der Waals surface area contributed by atoms with Crippen LogP contribution in [0, 0.1) is 0 Å². The molecule has 0 fully saturated rings. The van der Waals surface area contributed by atoms with Gasteiger partial charge in [-0.2, -0.15) is 0 Å². The molecule has 0 heterocycles. The van der Waals surface area contributed by atoms with Gasteiger partial charge in [0.25, 0.3) is 5.91 Å². The molecular weight excluding hydrogens is 355 g/mol.